The van der Waals surface area contributed by atoms with E-state index in [1.54, 1.807) is 43.5 Å². The van der Waals surface area contributed by atoms with Gasteiger partial charge < -0.3 is 24.3 Å². The van der Waals surface area contributed by atoms with Crippen molar-refractivity contribution in [3.05, 3.63) is 54.1 Å². The van der Waals surface area contributed by atoms with Crippen molar-refractivity contribution in [2.24, 2.45) is 0 Å². The number of ether oxygens (including phenoxy) is 1. The van der Waals surface area contributed by atoms with Gasteiger partial charge in [-0.1, -0.05) is 24.1 Å². The number of piperidine rings is 1. The zero-order valence-electron chi connectivity index (χ0n) is 18.3. The molecular weight excluding hydrogens is 455 g/mol. The highest BCUT2D eigenvalue weighted by molar-refractivity contribution is 7.92. The predicted molar refractivity (Wildman–Crippen MR) is 123 cm³/mol. The zero-order valence-corrected chi connectivity index (χ0v) is 20.0. The third-order valence-corrected chi connectivity index (χ3v) is 6.88. The number of methoxy groups -OCH3 is 1. The zero-order chi connectivity index (χ0) is 23.8. The Bertz CT molecular complexity index is 978. The molecule has 0 unspecified atom stereocenters. The molecule has 9 nitrogen and oxygen atoms in total. The molecule has 2 aromatic carbocycles. The average molecular weight is 487 g/mol. The van der Waals surface area contributed by atoms with Crippen molar-refractivity contribution in [3.63, 3.8) is 0 Å². The molecule has 0 bridgehead atoms. The summed E-state index contributed by atoms with van der Waals surface area (Å²) in [7, 11) is -6.66. The average Bonchev–Trinajstić information content (AvgIpc) is 2.74. The maximum atomic E-state index is 13.3. The first-order chi connectivity index (χ1) is 15.0. The number of phosphoric acid groups is 1. The summed E-state index contributed by atoms with van der Waals surface area (Å²) in [5.74, 6) is 0.711. The normalized spacial score (nSPS) is 14.9. The molecule has 0 spiro atoms. The van der Waals surface area contributed by atoms with Crippen molar-refractivity contribution in [1.82, 2.24) is 4.90 Å². The molecule has 3 N–H and O–H groups in total. The van der Waals surface area contributed by atoms with Crippen LogP contribution < -0.4 is 9.04 Å². The minimum atomic E-state index is -4.64. The Labute approximate surface area is 189 Å². The van der Waals surface area contributed by atoms with E-state index in [4.69, 9.17) is 24.0 Å². The topological polar surface area (TPSA) is 128 Å². The van der Waals surface area contributed by atoms with Crippen molar-refractivity contribution >= 4 is 23.5 Å². The molecule has 0 saturated carbocycles. The largest absolute Gasteiger partial charge is 0.497 e. The van der Waals surface area contributed by atoms with Gasteiger partial charge in [0.15, 0.2) is 0 Å². The summed E-state index contributed by atoms with van der Waals surface area (Å²) in [6, 6.07) is 14.3. The van der Waals surface area contributed by atoms with Gasteiger partial charge in [0.25, 0.3) is 10.0 Å². The Morgan fingerprint density at radius 3 is 2.00 bits per heavy atom. The number of sulfonamides is 1. The second-order valence-corrected chi connectivity index (χ2v) is 10.4. The highest BCUT2D eigenvalue weighted by Gasteiger charge is 2.25. The van der Waals surface area contributed by atoms with Crippen LogP contribution in [0.3, 0.4) is 0 Å². The minimum Gasteiger partial charge on any atom is -0.497 e. The monoisotopic (exact) mass is 486 g/mol. The van der Waals surface area contributed by atoms with Gasteiger partial charge >= 0.3 is 7.82 Å². The number of rotatable bonds is 7. The molecule has 11 heteroatoms. The molecule has 3 rings (SSSR count). The van der Waals surface area contributed by atoms with E-state index in [2.05, 4.69) is 4.90 Å². The molecule has 0 atom stereocenters. The molecule has 0 radical (unpaired) electrons. The van der Waals surface area contributed by atoms with Crippen molar-refractivity contribution in [3.8, 4) is 5.75 Å². The van der Waals surface area contributed by atoms with Crippen LogP contribution in [-0.2, 0) is 14.6 Å². The predicted octanol–water partition coefficient (Wildman–Crippen LogP) is 2.76. The number of aryl methyl sites for hydroxylation is 1. The molecule has 2 aromatic rings. The smallest absolute Gasteiger partial charge is 0.466 e. The minimum absolute atomic E-state index is 0.322. The van der Waals surface area contributed by atoms with E-state index in [9.17, 15) is 8.42 Å². The lowest BCUT2D eigenvalue weighted by molar-refractivity contribution is 0.235. The van der Waals surface area contributed by atoms with Crippen molar-refractivity contribution in [2.45, 2.75) is 31.1 Å². The Morgan fingerprint density at radius 2 is 1.50 bits per heavy atom. The SMILES string of the molecule is COc1ccc(N(CCN2CCCCC2)S(=O)(=O)c2ccc(C)cc2)cc1.O=P(O)(O)O. The van der Waals surface area contributed by atoms with Crippen LogP contribution in [0.25, 0.3) is 0 Å². The number of nitrogens with zero attached hydrogens (tertiary/aromatic N) is 2. The molecular formula is C21H31N2O7PS. The Kier molecular flexibility index (Phi) is 9.69. The van der Waals surface area contributed by atoms with Crippen LogP contribution in [0.15, 0.2) is 53.4 Å². The van der Waals surface area contributed by atoms with Gasteiger partial charge in [0.2, 0.25) is 0 Å². The van der Waals surface area contributed by atoms with Crippen LogP contribution in [0.4, 0.5) is 5.69 Å². The third kappa shape index (κ3) is 8.54. The highest BCUT2D eigenvalue weighted by atomic mass is 32.2. The maximum Gasteiger partial charge on any atom is 0.466 e. The maximum absolute atomic E-state index is 13.3. The molecule has 0 aliphatic carbocycles. The first kappa shape index (κ1) is 26.3. The second-order valence-electron chi connectivity index (χ2n) is 7.50. The molecule has 1 heterocycles. The van der Waals surface area contributed by atoms with Gasteiger partial charge in [-0.05, 0) is 69.3 Å². The fraction of sp³-hybridized carbons (Fsp3) is 0.429. The summed E-state index contributed by atoms with van der Waals surface area (Å²) >= 11 is 0. The summed E-state index contributed by atoms with van der Waals surface area (Å²) in [5, 5.41) is 0. The lowest BCUT2D eigenvalue weighted by Crippen LogP contribution is -2.40. The van der Waals surface area contributed by atoms with Gasteiger partial charge in [-0.15, -0.1) is 0 Å². The Balaban J connectivity index is 0.000000654. The number of benzene rings is 2. The molecule has 0 amide bonds. The van der Waals surface area contributed by atoms with Gasteiger partial charge in [-0.3, -0.25) is 4.31 Å². The quantitative estimate of drug-likeness (QED) is 0.510. The van der Waals surface area contributed by atoms with Crippen molar-refractivity contribution in [1.29, 1.82) is 0 Å². The molecule has 178 valence electrons. The Hall–Kier alpha value is -1.94. The molecule has 1 aliphatic rings. The fourth-order valence-corrected chi connectivity index (χ4v) is 4.85. The second kappa shape index (κ2) is 11.8. The third-order valence-electron chi connectivity index (χ3n) is 5.04. The van der Waals surface area contributed by atoms with Crippen LogP contribution >= 0.6 is 7.82 Å². The van der Waals surface area contributed by atoms with E-state index < -0.39 is 17.8 Å². The number of anilines is 1. The summed E-state index contributed by atoms with van der Waals surface area (Å²) in [6.45, 7) is 5.20. The number of hydrogen-bond acceptors (Lipinski definition) is 5. The van der Waals surface area contributed by atoms with E-state index in [0.717, 1.165) is 25.2 Å². The van der Waals surface area contributed by atoms with Crippen molar-refractivity contribution < 1.29 is 32.4 Å². The highest BCUT2D eigenvalue weighted by Crippen LogP contribution is 2.27. The first-order valence-corrected chi connectivity index (χ1v) is 13.3. The number of likely N-dealkylation sites (tertiary alicyclic amines) is 1. The number of hydrogen-bond donors (Lipinski definition) is 3. The van der Waals surface area contributed by atoms with Crippen LogP contribution in [0, 0.1) is 6.92 Å². The van der Waals surface area contributed by atoms with E-state index >= 15 is 0 Å². The first-order valence-electron chi connectivity index (χ1n) is 10.2. The molecule has 0 aromatic heterocycles. The van der Waals surface area contributed by atoms with Crippen LogP contribution in [0.5, 0.6) is 5.75 Å². The molecule has 1 aliphatic heterocycles. The van der Waals surface area contributed by atoms with Gasteiger partial charge in [0, 0.05) is 13.1 Å². The van der Waals surface area contributed by atoms with Crippen molar-refractivity contribution in [2.75, 3.05) is 37.6 Å². The van der Waals surface area contributed by atoms with E-state index in [1.165, 1.54) is 23.6 Å². The van der Waals surface area contributed by atoms with E-state index in [0.29, 0.717) is 22.9 Å². The van der Waals surface area contributed by atoms with Gasteiger partial charge in [0.1, 0.15) is 5.75 Å². The van der Waals surface area contributed by atoms with Gasteiger partial charge in [-0.2, -0.15) is 0 Å². The summed E-state index contributed by atoms with van der Waals surface area (Å²) in [5.41, 5.74) is 1.70. The van der Waals surface area contributed by atoms with Gasteiger partial charge in [-0.25, -0.2) is 13.0 Å². The fourth-order valence-electron chi connectivity index (χ4n) is 3.39. The van der Waals surface area contributed by atoms with E-state index in [-0.39, 0.29) is 0 Å². The van der Waals surface area contributed by atoms with Crippen LogP contribution in [0.2, 0.25) is 0 Å². The molecule has 1 fully saturated rings. The lowest BCUT2D eigenvalue weighted by atomic mass is 10.1. The lowest BCUT2D eigenvalue weighted by Gasteiger charge is -2.30. The molecule has 32 heavy (non-hydrogen) atoms. The van der Waals surface area contributed by atoms with Crippen LogP contribution in [-0.4, -0.2) is 61.3 Å². The summed E-state index contributed by atoms with van der Waals surface area (Å²) in [6.07, 6.45) is 3.64. The Morgan fingerprint density at radius 1 is 0.969 bits per heavy atom. The standard InChI is InChI=1S/C21H28N2O3S.H3O4P/c1-18-6-12-21(13-7-18)27(24,25)23(17-16-22-14-4-3-5-15-22)19-8-10-20(26-2)11-9-19;1-5(2,3)4/h6-13H,3-5,14-17H2,1-2H3;(H3,1,2,3,4). The van der Waals surface area contributed by atoms with Gasteiger partial charge in [0.05, 0.1) is 17.7 Å². The molecule has 1 saturated heterocycles. The summed E-state index contributed by atoms with van der Waals surface area (Å²) in [4.78, 5) is 24.2. The van der Waals surface area contributed by atoms with Crippen LogP contribution in [0.1, 0.15) is 24.8 Å². The van der Waals surface area contributed by atoms with E-state index in [1.807, 2.05) is 19.1 Å². The summed E-state index contributed by atoms with van der Waals surface area (Å²) < 4.78 is 42.3.